The Hall–Kier alpha value is -4.73. The van der Waals surface area contributed by atoms with Crippen LogP contribution in [0.2, 0.25) is 0 Å². The highest BCUT2D eigenvalue weighted by Gasteiger charge is 2.14. The monoisotopic (exact) mass is 599 g/mol. The van der Waals surface area contributed by atoms with E-state index in [1.165, 1.54) is 20.3 Å². The van der Waals surface area contributed by atoms with Crippen LogP contribution in [0, 0.1) is 13.8 Å². The molecule has 0 aromatic heterocycles. The number of nitrogens with zero attached hydrogens (tertiary/aromatic N) is 4. The molecule has 0 aliphatic heterocycles. The van der Waals surface area contributed by atoms with Gasteiger partial charge in [0.2, 0.25) is 0 Å². The molecule has 41 heavy (non-hydrogen) atoms. The molecule has 0 saturated carbocycles. The third-order valence-corrected chi connectivity index (χ3v) is 6.60. The van der Waals surface area contributed by atoms with Crippen LogP contribution in [-0.4, -0.2) is 39.8 Å². The van der Waals surface area contributed by atoms with Crippen LogP contribution in [0.1, 0.15) is 11.1 Å². The molecular formula is C26H25N5O8S2. The van der Waals surface area contributed by atoms with Crippen molar-refractivity contribution in [3.05, 3.63) is 71.8 Å². The molecule has 0 aliphatic carbocycles. The Balaban J connectivity index is 0.00000108. The molecule has 0 bridgehead atoms. The van der Waals surface area contributed by atoms with E-state index in [1.807, 2.05) is 13.8 Å². The largest absolute Gasteiger partial charge is 0.495 e. The van der Waals surface area contributed by atoms with Crippen molar-refractivity contribution in [2.45, 2.75) is 18.7 Å². The van der Waals surface area contributed by atoms with Crippen molar-refractivity contribution in [1.29, 1.82) is 0 Å². The number of hydrogen-bond donors (Lipinski definition) is 2. The summed E-state index contributed by atoms with van der Waals surface area (Å²) in [6.07, 6.45) is 0. The van der Waals surface area contributed by atoms with Gasteiger partial charge < -0.3 is 15.2 Å². The van der Waals surface area contributed by atoms with Gasteiger partial charge in [0.25, 0.3) is 10.1 Å². The summed E-state index contributed by atoms with van der Waals surface area (Å²) in [4.78, 5) is -0.191. The SMILES string of the molecule is COc1cc(N=Nc2cc(C)c(N=Nc3ccc4cccc(S(=O)(=O)O)c4c3)cc2OC)c(C)cc1N.O=S(=O)=O. The van der Waals surface area contributed by atoms with Gasteiger partial charge >= 0.3 is 10.6 Å². The fourth-order valence-electron chi connectivity index (χ4n) is 3.73. The number of azo groups is 2. The first-order valence-corrected chi connectivity index (χ1v) is 14.0. The molecule has 0 radical (unpaired) electrons. The quantitative estimate of drug-likeness (QED) is 0.142. The molecule has 0 saturated heterocycles. The van der Waals surface area contributed by atoms with Crippen LogP contribution in [0.15, 0.2) is 86.0 Å². The van der Waals surface area contributed by atoms with Crippen LogP contribution < -0.4 is 15.2 Å². The second kappa shape index (κ2) is 13.1. The number of aryl methyl sites for hydroxylation is 2. The molecule has 15 heteroatoms. The van der Waals surface area contributed by atoms with Crippen molar-refractivity contribution in [2.75, 3.05) is 20.0 Å². The number of nitrogen functional groups attached to an aromatic ring is 1. The Labute approximate surface area is 237 Å². The van der Waals surface area contributed by atoms with Crippen LogP contribution in [0.4, 0.5) is 28.4 Å². The zero-order valence-corrected chi connectivity index (χ0v) is 23.9. The van der Waals surface area contributed by atoms with E-state index >= 15 is 0 Å². The van der Waals surface area contributed by atoms with Crippen molar-refractivity contribution in [1.82, 2.24) is 0 Å². The summed E-state index contributed by atoms with van der Waals surface area (Å²) in [6, 6.07) is 16.6. The maximum absolute atomic E-state index is 11.8. The van der Waals surface area contributed by atoms with E-state index in [4.69, 9.17) is 27.8 Å². The molecule has 0 unspecified atom stereocenters. The van der Waals surface area contributed by atoms with Crippen LogP contribution >= 0.6 is 0 Å². The Kier molecular flexibility index (Phi) is 9.83. The summed E-state index contributed by atoms with van der Waals surface area (Å²) < 4.78 is 69.1. The minimum absolute atomic E-state index is 0.191. The van der Waals surface area contributed by atoms with Gasteiger partial charge in [-0.15, -0.1) is 17.7 Å². The second-order valence-electron chi connectivity index (χ2n) is 8.43. The molecule has 4 rings (SSSR count). The number of benzene rings is 4. The van der Waals surface area contributed by atoms with E-state index in [-0.39, 0.29) is 4.90 Å². The first kappa shape index (κ1) is 30.8. The van der Waals surface area contributed by atoms with Crippen LogP contribution in [0.5, 0.6) is 11.5 Å². The van der Waals surface area contributed by atoms with E-state index in [2.05, 4.69) is 20.5 Å². The minimum atomic E-state index is -4.39. The van der Waals surface area contributed by atoms with E-state index in [9.17, 15) is 13.0 Å². The predicted octanol–water partition coefficient (Wildman–Crippen LogP) is 6.13. The first-order valence-electron chi connectivity index (χ1n) is 11.6. The summed E-state index contributed by atoms with van der Waals surface area (Å²) in [5, 5.41) is 18.3. The lowest BCUT2D eigenvalue weighted by Crippen LogP contribution is -1.98. The molecule has 0 fully saturated rings. The zero-order chi connectivity index (χ0) is 30.3. The summed E-state index contributed by atoms with van der Waals surface area (Å²) >= 11 is 0. The highest BCUT2D eigenvalue weighted by atomic mass is 32.2. The van der Waals surface area contributed by atoms with Gasteiger partial charge in [-0.3, -0.25) is 4.55 Å². The number of anilines is 1. The Bertz CT molecular complexity index is 1890. The minimum Gasteiger partial charge on any atom is -0.495 e. The molecule has 0 amide bonds. The molecule has 0 atom stereocenters. The lowest BCUT2D eigenvalue weighted by molar-refractivity contribution is 0.415. The van der Waals surface area contributed by atoms with Gasteiger partial charge in [0.05, 0.1) is 37.0 Å². The summed E-state index contributed by atoms with van der Waals surface area (Å²) in [6.45, 7) is 3.73. The molecule has 13 nitrogen and oxygen atoms in total. The molecule has 3 N–H and O–H groups in total. The second-order valence-corrected chi connectivity index (χ2v) is 10.2. The Morgan fingerprint density at radius 3 is 1.93 bits per heavy atom. The summed E-state index contributed by atoms with van der Waals surface area (Å²) in [7, 11) is -4.45. The fraction of sp³-hybridized carbons (Fsp3) is 0.154. The maximum atomic E-state index is 11.8. The normalized spacial score (nSPS) is 11.4. The zero-order valence-electron chi connectivity index (χ0n) is 22.3. The van der Waals surface area contributed by atoms with Crippen molar-refractivity contribution < 1.29 is 35.1 Å². The third-order valence-electron chi connectivity index (χ3n) is 5.69. The molecule has 0 spiro atoms. The maximum Gasteiger partial charge on any atom is 0.425 e. The number of ether oxygens (including phenoxy) is 2. The van der Waals surface area contributed by atoms with Crippen molar-refractivity contribution in [3.8, 4) is 11.5 Å². The molecule has 4 aromatic carbocycles. The summed E-state index contributed by atoms with van der Waals surface area (Å²) in [5.41, 5.74) is 10.1. The highest BCUT2D eigenvalue weighted by molar-refractivity contribution is 7.86. The van der Waals surface area contributed by atoms with E-state index in [1.54, 1.807) is 54.6 Å². The number of fused-ring (bicyclic) bond motifs is 1. The number of rotatable bonds is 7. The molecule has 0 aliphatic rings. The molecule has 214 valence electrons. The van der Waals surface area contributed by atoms with E-state index in [0.29, 0.717) is 50.7 Å². The lowest BCUT2D eigenvalue weighted by atomic mass is 10.1. The van der Waals surface area contributed by atoms with E-state index in [0.717, 1.165) is 11.1 Å². The average molecular weight is 600 g/mol. The first-order chi connectivity index (χ1) is 19.3. The average Bonchev–Trinajstić information content (AvgIpc) is 2.90. The third kappa shape index (κ3) is 7.91. The van der Waals surface area contributed by atoms with Crippen molar-refractivity contribution in [3.63, 3.8) is 0 Å². The van der Waals surface area contributed by atoms with Crippen LogP contribution in [0.25, 0.3) is 10.8 Å². The van der Waals surface area contributed by atoms with Gasteiger partial charge in [-0.1, -0.05) is 18.2 Å². The van der Waals surface area contributed by atoms with E-state index < -0.39 is 20.7 Å². The predicted molar refractivity (Wildman–Crippen MR) is 152 cm³/mol. The molecule has 4 aromatic rings. The smallest absolute Gasteiger partial charge is 0.425 e. The van der Waals surface area contributed by atoms with Crippen LogP contribution in [-0.2, 0) is 20.7 Å². The van der Waals surface area contributed by atoms with Gasteiger partial charge in [0, 0.05) is 17.5 Å². The molecule has 0 heterocycles. The summed E-state index contributed by atoms with van der Waals surface area (Å²) in [5.74, 6) is 0.950. The molecular weight excluding hydrogens is 574 g/mol. The highest BCUT2D eigenvalue weighted by Crippen LogP contribution is 2.38. The van der Waals surface area contributed by atoms with Gasteiger partial charge in [0.1, 0.15) is 22.1 Å². The number of nitrogens with two attached hydrogens (primary N) is 1. The lowest BCUT2D eigenvalue weighted by Gasteiger charge is -2.09. The van der Waals surface area contributed by atoms with Crippen LogP contribution in [0.3, 0.4) is 0 Å². The Morgan fingerprint density at radius 1 is 0.756 bits per heavy atom. The fourth-order valence-corrected chi connectivity index (χ4v) is 4.44. The Morgan fingerprint density at radius 2 is 1.32 bits per heavy atom. The number of hydrogen-bond acceptors (Lipinski definition) is 12. The van der Waals surface area contributed by atoms with Crippen molar-refractivity contribution in [2.24, 2.45) is 20.5 Å². The van der Waals surface area contributed by atoms with Gasteiger partial charge in [0.15, 0.2) is 0 Å². The number of methoxy groups -OCH3 is 2. The van der Waals surface area contributed by atoms with Gasteiger partial charge in [-0.05, 0) is 60.7 Å². The standard InChI is InChI=1S/C26H25N5O5S.O3S/c1-15-10-20(27)24(35-3)13-21(15)30-31-23-11-16(2)22(14-25(23)36-4)29-28-18-9-8-17-6-5-7-26(19(17)12-18)37(32,33)34;1-4(2)3/h5-14H,27H2,1-4H3,(H,32,33,34);. The van der Waals surface area contributed by atoms with Gasteiger partial charge in [-0.2, -0.15) is 23.8 Å². The van der Waals surface area contributed by atoms with Crippen molar-refractivity contribution >= 4 is 59.9 Å². The topological polar surface area (TPSA) is 200 Å². The van der Waals surface area contributed by atoms with Gasteiger partial charge in [-0.25, -0.2) is 0 Å².